The van der Waals surface area contributed by atoms with E-state index in [9.17, 15) is 9.59 Å². The number of carbonyl (C=O) groups is 2. The minimum absolute atomic E-state index is 0.0278. The average Bonchev–Trinajstić information content (AvgIpc) is 2.98. The number of hydrogen-bond donors (Lipinski definition) is 1. The van der Waals surface area contributed by atoms with E-state index in [0.29, 0.717) is 36.4 Å². The molecule has 6 heteroatoms. The quantitative estimate of drug-likeness (QED) is 0.430. The minimum atomic E-state index is -0.325. The molecule has 1 heterocycles. The van der Waals surface area contributed by atoms with Crippen molar-refractivity contribution in [2.75, 3.05) is 25.6 Å². The molecule has 0 spiro atoms. The van der Waals surface area contributed by atoms with Crippen LogP contribution in [0.5, 0.6) is 5.75 Å². The summed E-state index contributed by atoms with van der Waals surface area (Å²) in [6.45, 7) is 11.2. The van der Waals surface area contributed by atoms with E-state index in [-0.39, 0.29) is 23.3 Å². The number of amides is 2. The van der Waals surface area contributed by atoms with Gasteiger partial charge in [0, 0.05) is 25.9 Å². The van der Waals surface area contributed by atoms with E-state index in [1.54, 1.807) is 7.11 Å². The highest BCUT2D eigenvalue weighted by molar-refractivity contribution is 6.36. The number of nitrogens with zero attached hydrogens (tertiary/aromatic N) is 1. The van der Waals surface area contributed by atoms with Crippen molar-refractivity contribution < 1.29 is 19.1 Å². The summed E-state index contributed by atoms with van der Waals surface area (Å²) in [5.74, 6) is 0.0892. The van der Waals surface area contributed by atoms with Crippen LogP contribution < -0.4 is 10.1 Å². The van der Waals surface area contributed by atoms with Gasteiger partial charge >= 0.3 is 0 Å². The summed E-state index contributed by atoms with van der Waals surface area (Å²) >= 11 is 0. The maximum absolute atomic E-state index is 13.3. The topological polar surface area (TPSA) is 67.9 Å². The standard InChI is InChI=1S/C27H34N2O4/c1-18(2)33-22-14-8-19(9-15-22)23-24(26(31)29(25(23)30)16-7-17-32-6)28-21-12-10-20(11-13-21)27(3,4)5/h8-15,18,28H,7,16-17H2,1-6H3. The van der Waals surface area contributed by atoms with Gasteiger partial charge < -0.3 is 14.8 Å². The van der Waals surface area contributed by atoms with Gasteiger partial charge in [-0.25, -0.2) is 0 Å². The maximum Gasteiger partial charge on any atom is 0.278 e. The third-order valence-corrected chi connectivity index (χ3v) is 5.43. The molecule has 0 unspecified atom stereocenters. The number of nitrogens with one attached hydrogen (secondary N) is 1. The Morgan fingerprint density at radius 2 is 1.58 bits per heavy atom. The molecule has 1 aliphatic heterocycles. The molecule has 176 valence electrons. The van der Waals surface area contributed by atoms with Gasteiger partial charge in [0.25, 0.3) is 11.8 Å². The first kappa shape index (κ1) is 24.5. The first-order chi connectivity index (χ1) is 15.6. The smallest absolute Gasteiger partial charge is 0.278 e. The van der Waals surface area contributed by atoms with Crippen LogP contribution in [0.2, 0.25) is 0 Å². The lowest BCUT2D eigenvalue weighted by Gasteiger charge is -2.19. The Morgan fingerprint density at radius 3 is 2.12 bits per heavy atom. The van der Waals surface area contributed by atoms with Crippen molar-refractivity contribution in [3.63, 3.8) is 0 Å². The zero-order valence-electron chi connectivity index (χ0n) is 20.4. The van der Waals surface area contributed by atoms with Crippen LogP contribution in [0.15, 0.2) is 54.2 Å². The van der Waals surface area contributed by atoms with Crippen molar-refractivity contribution >= 4 is 23.1 Å². The molecule has 1 aliphatic rings. The Hall–Kier alpha value is -3.12. The van der Waals surface area contributed by atoms with Crippen molar-refractivity contribution in [3.8, 4) is 5.75 Å². The molecule has 2 aromatic rings. The second-order valence-corrected chi connectivity index (χ2v) is 9.50. The van der Waals surface area contributed by atoms with Crippen molar-refractivity contribution in [3.05, 3.63) is 65.4 Å². The van der Waals surface area contributed by atoms with Gasteiger partial charge in [-0.05, 0) is 61.1 Å². The number of methoxy groups -OCH3 is 1. The average molecular weight is 451 g/mol. The minimum Gasteiger partial charge on any atom is -0.491 e. The lowest BCUT2D eigenvalue weighted by Crippen LogP contribution is -2.33. The Balaban J connectivity index is 1.95. The lowest BCUT2D eigenvalue weighted by atomic mass is 9.87. The van der Waals surface area contributed by atoms with E-state index in [1.807, 2.05) is 62.4 Å². The summed E-state index contributed by atoms with van der Waals surface area (Å²) in [6, 6.07) is 15.2. The van der Waals surface area contributed by atoms with Gasteiger partial charge in [0.2, 0.25) is 0 Å². The van der Waals surface area contributed by atoms with Gasteiger partial charge in [-0.1, -0.05) is 45.0 Å². The Kier molecular flexibility index (Phi) is 7.59. The lowest BCUT2D eigenvalue weighted by molar-refractivity contribution is -0.137. The highest BCUT2D eigenvalue weighted by Gasteiger charge is 2.38. The molecule has 0 saturated heterocycles. The second kappa shape index (κ2) is 10.2. The molecule has 0 aromatic heterocycles. The molecule has 0 saturated carbocycles. The van der Waals surface area contributed by atoms with Crippen LogP contribution in [-0.4, -0.2) is 43.1 Å². The summed E-state index contributed by atoms with van der Waals surface area (Å²) in [5, 5.41) is 3.22. The van der Waals surface area contributed by atoms with Crippen molar-refractivity contribution in [1.82, 2.24) is 4.90 Å². The third kappa shape index (κ3) is 5.82. The summed E-state index contributed by atoms with van der Waals surface area (Å²) in [4.78, 5) is 27.8. The van der Waals surface area contributed by atoms with Gasteiger partial charge in [-0.15, -0.1) is 0 Å². The fourth-order valence-electron chi connectivity index (χ4n) is 3.70. The number of rotatable bonds is 9. The van der Waals surface area contributed by atoms with Crippen LogP contribution in [0, 0.1) is 0 Å². The van der Waals surface area contributed by atoms with E-state index in [4.69, 9.17) is 9.47 Å². The second-order valence-electron chi connectivity index (χ2n) is 9.50. The van der Waals surface area contributed by atoms with E-state index < -0.39 is 0 Å². The Morgan fingerprint density at radius 1 is 0.939 bits per heavy atom. The van der Waals surface area contributed by atoms with Crippen molar-refractivity contribution in [1.29, 1.82) is 0 Å². The number of anilines is 1. The van der Waals surface area contributed by atoms with Crippen LogP contribution in [0.1, 0.15) is 52.2 Å². The van der Waals surface area contributed by atoms with E-state index in [0.717, 1.165) is 11.4 Å². The van der Waals surface area contributed by atoms with Crippen LogP contribution >= 0.6 is 0 Å². The molecule has 0 fully saturated rings. The summed E-state index contributed by atoms with van der Waals surface area (Å²) in [7, 11) is 1.60. The zero-order chi connectivity index (χ0) is 24.2. The molecule has 2 amide bonds. The first-order valence-electron chi connectivity index (χ1n) is 11.4. The molecular formula is C27H34N2O4. The van der Waals surface area contributed by atoms with Gasteiger partial charge in [0.1, 0.15) is 11.4 Å². The highest BCUT2D eigenvalue weighted by Crippen LogP contribution is 2.32. The molecule has 6 nitrogen and oxygen atoms in total. The van der Waals surface area contributed by atoms with Crippen LogP contribution in [0.3, 0.4) is 0 Å². The van der Waals surface area contributed by atoms with Gasteiger partial charge in [-0.2, -0.15) is 0 Å². The third-order valence-electron chi connectivity index (χ3n) is 5.43. The Labute approximate surface area is 196 Å². The molecule has 0 aliphatic carbocycles. The number of imide groups is 1. The molecule has 1 N–H and O–H groups in total. The molecule has 2 aromatic carbocycles. The fourth-order valence-corrected chi connectivity index (χ4v) is 3.70. The first-order valence-corrected chi connectivity index (χ1v) is 11.4. The van der Waals surface area contributed by atoms with E-state index in [2.05, 4.69) is 26.1 Å². The monoisotopic (exact) mass is 450 g/mol. The molecule has 3 rings (SSSR count). The molecule has 0 radical (unpaired) electrons. The van der Waals surface area contributed by atoms with Crippen LogP contribution in [0.4, 0.5) is 5.69 Å². The van der Waals surface area contributed by atoms with E-state index in [1.165, 1.54) is 10.5 Å². The van der Waals surface area contributed by atoms with E-state index >= 15 is 0 Å². The SMILES string of the molecule is COCCCN1C(=O)C(Nc2ccc(C(C)(C)C)cc2)=C(c2ccc(OC(C)C)cc2)C1=O. The largest absolute Gasteiger partial charge is 0.491 e. The number of hydrogen-bond acceptors (Lipinski definition) is 5. The normalized spacial score (nSPS) is 14.5. The Bertz CT molecular complexity index is 1020. The summed E-state index contributed by atoms with van der Waals surface area (Å²) in [5.41, 5.74) is 3.31. The fraction of sp³-hybridized carbons (Fsp3) is 0.407. The van der Waals surface area contributed by atoms with Crippen molar-refractivity contribution in [2.24, 2.45) is 0 Å². The summed E-state index contributed by atoms with van der Waals surface area (Å²) in [6.07, 6.45) is 0.630. The zero-order valence-corrected chi connectivity index (χ0v) is 20.4. The molecule has 0 atom stereocenters. The molecule has 0 bridgehead atoms. The van der Waals surface area contributed by atoms with Gasteiger partial charge in [0.05, 0.1) is 11.7 Å². The number of carbonyl (C=O) groups excluding carboxylic acids is 2. The van der Waals surface area contributed by atoms with Gasteiger partial charge in [0.15, 0.2) is 0 Å². The van der Waals surface area contributed by atoms with Crippen LogP contribution in [-0.2, 0) is 19.7 Å². The predicted molar refractivity (Wildman–Crippen MR) is 131 cm³/mol. The van der Waals surface area contributed by atoms with Gasteiger partial charge in [-0.3, -0.25) is 14.5 Å². The highest BCUT2D eigenvalue weighted by atomic mass is 16.5. The number of ether oxygens (including phenoxy) is 2. The summed E-state index contributed by atoms with van der Waals surface area (Å²) < 4.78 is 10.8. The maximum atomic E-state index is 13.3. The predicted octanol–water partition coefficient (Wildman–Crippen LogP) is 5.00. The number of benzene rings is 2. The molecular weight excluding hydrogens is 416 g/mol. The van der Waals surface area contributed by atoms with Crippen molar-refractivity contribution in [2.45, 2.75) is 52.6 Å². The van der Waals surface area contributed by atoms with Crippen LogP contribution in [0.25, 0.3) is 5.57 Å². The molecule has 33 heavy (non-hydrogen) atoms.